The summed E-state index contributed by atoms with van der Waals surface area (Å²) in [5.41, 5.74) is 4.95. The van der Waals surface area contributed by atoms with E-state index < -0.39 is 17.5 Å². The zero-order valence-electron chi connectivity index (χ0n) is 11.8. The van der Waals surface area contributed by atoms with Gasteiger partial charge in [0.05, 0.1) is 11.3 Å². The number of hydrogen-bond donors (Lipinski definition) is 2. The monoisotopic (exact) mass is 282 g/mol. The summed E-state index contributed by atoms with van der Waals surface area (Å²) in [6, 6.07) is 1.77. The van der Waals surface area contributed by atoms with Gasteiger partial charge in [0.1, 0.15) is 5.82 Å². The molecule has 0 saturated heterocycles. The predicted molar refractivity (Wildman–Crippen MR) is 74.3 cm³/mol. The number of nitrogens with two attached hydrogens (primary N) is 1. The molecule has 3 nitrogen and oxygen atoms in total. The van der Waals surface area contributed by atoms with Gasteiger partial charge in [-0.15, -0.1) is 0 Å². The highest BCUT2D eigenvalue weighted by Crippen LogP contribution is 2.35. The SMILES string of the molecule is CC1(C)CCC(NC(=O)c2cc(F)cc(N)c2F)CC1. The van der Waals surface area contributed by atoms with Crippen molar-refractivity contribution in [2.24, 2.45) is 5.41 Å². The van der Waals surface area contributed by atoms with Gasteiger partial charge in [-0.2, -0.15) is 0 Å². The Morgan fingerprint density at radius 1 is 1.30 bits per heavy atom. The second kappa shape index (κ2) is 5.38. The van der Waals surface area contributed by atoms with Crippen LogP contribution >= 0.6 is 0 Å². The third-order valence-electron chi connectivity index (χ3n) is 3.98. The van der Waals surface area contributed by atoms with Crippen LogP contribution in [0.3, 0.4) is 0 Å². The van der Waals surface area contributed by atoms with E-state index in [2.05, 4.69) is 19.2 Å². The molecule has 1 aliphatic carbocycles. The number of halogens is 2. The van der Waals surface area contributed by atoms with Gasteiger partial charge in [-0.25, -0.2) is 8.78 Å². The van der Waals surface area contributed by atoms with Crippen molar-refractivity contribution < 1.29 is 13.6 Å². The highest BCUT2D eigenvalue weighted by atomic mass is 19.1. The zero-order valence-corrected chi connectivity index (χ0v) is 11.8. The minimum atomic E-state index is -0.861. The number of rotatable bonds is 2. The van der Waals surface area contributed by atoms with Crippen molar-refractivity contribution in [1.82, 2.24) is 5.32 Å². The Morgan fingerprint density at radius 3 is 2.50 bits per heavy atom. The van der Waals surface area contributed by atoms with E-state index >= 15 is 0 Å². The first-order chi connectivity index (χ1) is 9.28. The van der Waals surface area contributed by atoms with Gasteiger partial charge in [-0.1, -0.05) is 13.8 Å². The summed E-state index contributed by atoms with van der Waals surface area (Å²) >= 11 is 0. The van der Waals surface area contributed by atoms with Crippen LogP contribution in [0.4, 0.5) is 14.5 Å². The molecule has 0 bridgehead atoms. The summed E-state index contributed by atoms with van der Waals surface area (Å²) < 4.78 is 27.0. The van der Waals surface area contributed by atoms with Crippen molar-refractivity contribution in [3.05, 3.63) is 29.3 Å². The summed E-state index contributed by atoms with van der Waals surface area (Å²) in [5, 5.41) is 2.77. The summed E-state index contributed by atoms with van der Waals surface area (Å²) in [6.45, 7) is 4.38. The first-order valence-electron chi connectivity index (χ1n) is 6.84. The van der Waals surface area contributed by atoms with Gasteiger partial charge in [0.25, 0.3) is 5.91 Å². The largest absolute Gasteiger partial charge is 0.396 e. The molecule has 0 heterocycles. The summed E-state index contributed by atoms with van der Waals surface area (Å²) in [7, 11) is 0. The van der Waals surface area contributed by atoms with E-state index in [0.717, 1.165) is 37.8 Å². The molecule has 5 heteroatoms. The standard InChI is InChI=1S/C15H20F2N2O/c1-15(2)5-3-10(4-6-15)19-14(20)11-7-9(16)8-12(18)13(11)17/h7-8,10H,3-6,18H2,1-2H3,(H,19,20). The Balaban J connectivity index is 2.06. The van der Waals surface area contributed by atoms with Crippen LogP contribution in [0.5, 0.6) is 0 Å². The van der Waals surface area contributed by atoms with Gasteiger partial charge in [-0.05, 0) is 43.2 Å². The number of hydrogen-bond acceptors (Lipinski definition) is 2. The van der Waals surface area contributed by atoms with Crippen LogP contribution in [0.15, 0.2) is 12.1 Å². The fraction of sp³-hybridized carbons (Fsp3) is 0.533. The highest BCUT2D eigenvalue weighted by molar-refractivity contribution is 5.95. The Morgan fingerprint density at radius 2 is 1.90 bits per heavy atom. The lowest BCUT2D eigenvalue weighted by Gasteiger charge is -2.34. The van der Waals surface area contributed by atoms with Crippen molar-refractivity contribution in [3.8, 4) is 0 Å². The molecular weight excluding hydrogens is 262 g/mol. The molecule has 0 unspecified atom stereocenters. The van der Waals surface area contributed by atoms with Crippen molar-refractivity contribution >= 4 is 11.6 Å². The van der Waals surface area contributed by atoms with Crippen LogP contribution in [0.2, 0.25) is 0 Å². The molecule has 1 aromatic carbocycles. The van der Waals surface area contributed by atoms with E-state index in [4.69, 9.17) is 5.73 Å². The van der Waals surface area contributed by atoms with Gasteiger partial charge >= 0.3 is 0 Å². The minimum Gasteiger partial charge on any atom is -0.396 e. The van der Waals surface area contributed by atoms with Crippen LogP contribution < -0.4 is 11.1 Å². The van der Waals surface area contributed by atoms with Gasteiger partial charge in [0.15, 0.2) is 5.82 Å². The number of nitrogens with one attached hydrogen (secondary N) is 1. The van der Waals surface area contributed by atoms with Crippen LogP contribution in [0.1, 0.15) is 49.9 Å². The van der Waals surface area contributed by atoms with E-state index in [1.54, 1.807) is 0 Å². The molecule has 1 aliphatic rings. The van der Waals surface area contributed by atoms with E-state index in [-0.39, 0.29) is 22.7 Å². The van der Waals surface area contributed by atoms with E-state index in [1.807, 2.05) is 0 Å². The van der Waals surface area contributed by atoms with Gasteiger partial charge in [0, 0.05) is 6.04 Å². The second-order valence-electron chi connectivity index (χ2n) is 6.27. The van der Waals surface area contributed by atoms with E-state index in [0.29, 0.717) is 0 Å². The Hall–Kier alpha value is -1.65. The molecule has 0 aliphatic heterocycles. The average molecular weight is 282 g/mol. The maximum absolute atomic E-state index is 13.8. The number of nitrogen functional groups attached to an aromatic ring is 1. The average Bonchev–Trinajstić information content (AvgIpc) is 2.36. The summed E-state index contributed by atoms with van der Waals surface area (Å²) in [5.74, 6) is -2.17. The fourth-order valence-corrected chi connectivity index (χ4v) is 2.58. The van der Waals surface area contributed by atoms with E-state index in [9.17, 15) is 13.6 Å². The molecule has 1 fully saturated rings. The molecule has 0 atom stereocenters. The van der Waals surface area contributed by atoms with Crippen molar-refractivity contribution in [2.75, 3.05) is 5.73 Å². The maximum Gasteiger partial charge on any atom is 0.254 e. The summed E-state index contributed by atoms with van der Waals surface area (Å²) in [4.78, 5) is 12.0. The molecule has 0 spiro atoms. The number of benzene rings is 1. The second-order valence-corrected chi connectivity index (χ2v) is 6.27. The smallest absolute Gasteiger partial charge is 0.254 e. The van der Waals surface area contributed by atoms with Gasteiger partial charge < -0.3 is 11.1 Å². The zero-order chi connectivity index (χ0) is 14.9. The predicted octanol–water partition coefficient (Wildman–Crippen LogP) is 3.25. The first kappa shape index (κ1) is 14.8. The van der Waals surface area contributed by atoms with E-state index in [1.165, 1.54) is 0 Å². The molecular formula is C15H20F2N2O. The number of carbonyl (C=O) groups is 1. The van der Waals surface area contributed by atoms with Crippen LogP contribution in [0, 0.1) is 17.0 Å². The number of carbonyl (C=O) groups excluding carboxylic acids is 1. The Bertz CT molecular complexity index is 519. The minimum absolute atomic E-state index is 0.0133. The Kier molecular flexibility index (Phi) is 3.97. The molecule has 1 aromatic rings. The maximum atomic E-state index is 13.8. The van der Waals surface area contributed by atoms with Crippen LogP contribution in [-0.4, -0.2) is 11.9 Å². The van der Waals surface area contributed by atoms with Crippen molar-refractivity contribution in [3.63, 3.8) is 0 Å². The number of amides is 1. The van der Waals surface area contributed by atoms with Gasteiger partial charge in [0.2, 0.25) is 0 Å². The highest BCUT2D eigenvalue weighted by Gasteiger charge is 2.28. The van der Waals surface area contributed by atoms with Crippen molar-refractivity contribution in [2.45, 2.75) is 45.6 Å². The Labute approximate surface area is 117 Å². The lowest BCUT2D eigenvalue weighted by atomic mass is 9.75. The van der Waals surface area contributed by atoms with Crippen LogP contribution in [-0.2, 0) is 0 Å². The number of anilines is 1. The van der Waals surface area contributed by atoms with Crippen molar-refractivity contribution in [1.29, 1.82) is 0 Å². The summed E-state index contributed by atoms with van der Waals surface area (Å²) in [6.07, 6.45) is 3.72. The lowest BCUT2D eigenvalue weighted by molar-refractivity contribution is 0.0904. The van der Waals surface area contributed by atoms with Gasteiger partial charge in [-0.3, -0.25) is 4.79 Å². The molecule has 1 saturated carbocycles. The topological polar surface area (TPSA) is 55.1 Å². The molecule has 110 valence electrons. The third kappa shape index (κ3) is 3.26. The molecule has 1 amide bonds. The molecule has 3 N–H and O–H groups in total. The quantitative estimate of drug-likeness (QED) is 0.818. The third-order valence-corrected chi connectivity index (χ3v) is 3.98. The molecule has 0 radical (unpaired) electrons. The first-order valence-corrected chi connectivity index (χ1v) is 6.84. The normalized spacial score (nSPS) is 18.8. The fourth-order valence-electron chi connectivity index (χ4n) is 2.58. The van der Waals surface area contributed by atoms with Crippen LogP contribution in [0.25, 0.3) is 0 Å². The molecule has 20 heavy (non-hydrogen) atoms. The molecule has 2 rings (SSSR count). The lowest BCUT2D eigenvalue weighted by Crippen LogP contribution is -2.39. The molecule has 0 aromatic heterocycles.